The molecule has 0 atom stereocenters. The Morgan fingerprint density at radius 2 is 2.00 bits per heavy atom. The first-order valence-electron chi connectivity index (χ1n) is 3.78. The molecule has 0 N–H and O–H groups in total. The average molecular weight is 234 g/mol. The monoisotopic (exact) mass is 234 g/mol. The van der Waals surface area contributed by atoms with E-state index >= 15 is 0 Å². The van der Waals surface area contributed by atoms with E-state index in [1.54, 1.807) is 0 Å². The molecular weight excluding hydrogens is 229 g/mol. The molecule has 0 bridgehead atoms. The fourth-order valence-corrected chi connectivity index (χ4v) is 2.71. The smallest absolute Gasteiger partial charge is 0.207 e. The summed E-state index contributed by atoms with van der Waals surface area (Å²) in [5.41, 5.74) is 0. The van der Waals surface area contributed by atoms with Gasteiger partial charge in [0.15, 0.2) is 0 Å². The van der Waals surface area contributed by atoms with Crippen molar-refractivity contribution in [2.24, 2.45) is 0 Å². The van der Waals surface area contributed by atoms with E-state index < -0.39 is 12.2 Å². The lowest BCUT2D eigenvalue weighted by Gasteiger charge is -1.94. The molecule has 0 aliphatic rings. The zero-order chi connectivity index (χ0) is 10.3. The Kier molecular flexibility index (Phi) is 2.45. The minimum absolute atomic E-state index is 0.103. The fourth-order valence-electron chi connectivity index (χ4n) is 1.22. The predicted molar refractivity (Wildman–Crippen MR) is 54.0 cm³/mol. The van der Waals surface area contributed by atoms with Crippen molar-refractivity contribution in [1.29, 1.82) is 0 Å². The molecule has 0 aliphatic heterocycles. The molecule has 0 spiro atoms. The minimum atomic E-state index is -2.55. The summed E-state index contributed by atoms with van der Waals surface area (Å²) in [5.74, 6) is -0.423. The second kappa shape index (κ2) is 3.47. The molecule has 74 valence electrons. The lowest BCUT2D eigenvalue weighted by atomic mass is 10.2. The van der Waals surface area contributed by atoms with Crippen LogP contribution in [0.5, 0.6) is 0 Å². The number of rotatable bonds is 1. The molecule has 0 saturated heterocycles. The Hall–Kier alpha value is -0.680. The first-order chi connectivity index (χ1) is 6.59. The maximum Gasteiger partial charge on any atom is 0.273 e. The Bertz CT molecular complexity index is 476. The van der Waals surface area contributed by atoms with Crippen LogP contribution in [-0.4, -0.2) is 0 Å². The van der Waals surface area contributed by atoms with E-state index in [1.165, 1.54) is 18.2 Å². The van der Waals surface area contributed by atoms with E-state index in [2.05, 4.69) is 12.6 Å². The van der Waals surface area contributed by atoms with Gasteiger partial charge in [-0.2, -0.15) is 0 Å². The van der Waals surface area contributed by atoms with Crippen molar-refractivity contribution in [1.82, 2.24) is 0 Å². The van der Waals surface area contributed by atoms with Crippen LogP contribution in [0.3, 0.4) is 0 Å². The molecule has 2 rings (SSSR count). The van der Waals surface area contributed by atoms with Crippen molar-refractivity contribution < 1.29 is 13.2 Å². The van der Waals surface area contributed by atoms with E-state index in [-0.39, 0.29) is 9.77 Å². The van der Waals surface area contributed by atoms with E-state index in [1.807, 2.05) is 0 Å². The van der Waals surface area contributed by atoms with E-state index in [0.717, 1.165) is 11.3 Å². The van der Waals surface area contributed by atoms with Crippen LogP contribution in [-0.2, 0) is 0 Å². The Morgan fingerprint density at radius 3 is 2.64 bits per heavy atom. The summed E-state index contributed by atoms with van der Waals surface area (Å²) in [6.07, 6.45) is -2.55. The van der Waals surface area contributed by atoms with Gasteiger partial charge in [0.05, 0.1) is 4.88 Å². The van der Waals surface area contributed by atoms with Gasteiger partial charge in [-0.15, -0.1) is 24.0 Å². The Balaban J connectivity index is 2.73. The second-order valence-corrected chi connectivity index (χ2v) is 4.29. The zero-order valence-electron chi connectivity index (χ0n) is 6.80. The summed E-state index contributed by atoms with van der Waals surface area (Å²) in [7, 11) is 0. The van der Waals surface area contributed by atoms with E-state index in [0.29, 0.717) is 10.1 Å². The van der Waals surface area contributed by atoms with E-state index in [9.17, 15) is 13.2 Å². The van der Waals surface area contributed by atoms with Crippen molar-refractivity contribution in [3.8, 4) is 0 Å². The third-order valence-electron chi connectivity index (χ3n) is 1.85. The van der Waals surface area contributed by atoms with Crippen molar-refractivity contribution >= 4 is 34.1 Å². The Labute approximate surface area is 87.8 Å². The molecule has 14 heavy (non-hydrogen) atoms. The van der Waals surface area contributed by atoms with Crippen LogP contribution in [0.1, 0.15) is 11.3 Å². The van der Waals surface area contributed by atoms with E-state index in [4.69, 9.17) is 0 Å². The number of thiol groups is 1. The topological polar surface area (TPSA) is 0 Å². The number of alkyl halides is 2. The lowest BCUT2D eigenvalue weighted by Crippen LogP contribution is -1.77. The zero-order valence-corrected chi connectivity index (χ0v) is 8.51. The summed E-state index contributed by atoms with van der Waals surface area (Å²) in [5, 5.41) is 0.579. The maximum absolute atomic E-state index is 12.8. The van der Waals surface area contributed by atoms with Gasteiger partial charge in [0.25, 0.3) is 6.43 Å². The molecule has 1 aromatic carbocycles. The molecule has 0 unspecified atom stereocenters. The molecule has 0 nitrogen and oxygen atoms in total. The van der Waals surface area contributed by atoms with Crippen LogP contribution in [0.15, 0.2) is 23.1 Å². The minimum Gasteiger partial charge on any atom is -0.207 e. The van der Waals surface area contributed by atoms with Gasteiger partial charge in [-0.25, -0.2) is 13.2 Å². The summed E-state index contributed by atoms with van der Waals surface area (Å²) >= 11 is 4.88. The molecule has 2 aromatic rings. The van der Waals surface area contributed by atoms with Gasteiger partial charge in [0, 0.05) is 15.0 Å². The molecule has 1 aromatic heterocycles. The summed E-state index contributed by atoms with van der Waals surface area (Å²) in [4.78, 5) is 0.147. The van der Waals surface area contributed by atoms with Gasteiger partial charge in [0.1, 0.15) is 5.82 Å². The van der Waals surface area contributed by atoms with Crippen LogP contribution < -0.4 is 0 Å². The number of halogens is 3. The van der Waals surface area contributed by atoms with Crippen LogP contribution in [0.4, 0.5) is 13.2 Å². The van der Waals surface area contributed by atoms with Crippen molar-refractivity contribution in [2.45, 2.75) is 11.3 Å². The van der Waals surface area contributed by atoms with Gasteiger partial charge >= 0.3 is 0 Å². The normalized spacial score (nSPS) is 11.5. The highest BCUT2D eigenvalue weighted by molar-refractivity contribution is 7.80. The van der Waals surface area contributed by atoms with Gasteiger partial charge in [-0.05, 0) is 18.2 Å². The highest BCUT2D eigenvalue weighted by atomic mass is 32.1. The summed E-state index contributed by atoms with van der Waals surface area (Å²) in [6.45, 7) is 0. The molecule has 0 amide bonds. The predicted octanol–water partition coefficient (Wildman–Crippen LogP) is 4.27. The molecule has 5 heteroatoms. The fraction of sp³-hybridized carbons (Fsp3) is 0.111. The quantitative estimate of drug-likeness (QED) is 0.700. The summed E-state index contributed by atoms with van der Waals surface area (Å²) < 4.78 is 38.1. The first kappa shape index (κ1) is 9.86. The van der Waals surface area contributed by atoms with Crippen LogP contribution >= 0.6 is 24.0 Å². The molecule has 0 saturated carbocycles. The van der Waals surface area contributed by atoms with Gasteiger partial charge in [-0.3, -0.25) is 0 Å². The summed E-state index contributed by atoms with van der Waals surface area (Å²) in [6, 6.07) is 3.95. The molecule has 0 aliphatic carbocycles. The van der Waals surface area contributed by atoms with Gasteiger partial charge in [0.2, 0.25) is 0 Å². The van der Waals surface area contributed by atoms with Crippen molar-refractivity contribution in [3.05, 3.63) is 28.9 Å². The number of thiophene rings is 1. The van der Waals surface area contributed by atoms with Crippen LogP contribution in [0.25, 0.3) is 10.1 Å². The lowest BCUT2D eigenvalue weighted by molar-refractivity contribution is 0.153. The first-order valence-corrected chi connectivity index (χ1v) is 5.05. The van der Waals surface area contributed by atoms with Crippen molar-refractivity contribution in [2.75, 3.05) is 0 Å². The molecular formula is C9H5F3S2. The number of hydrogen-bond acceptors (Lipinski definition) is 2. The van der Waals surface area contributed by atoms with Crippen LogP contribution in [0, 0.1) is 5.82 Å². The number of benzene rings is 1. The maximum atomic E-state index is 12.8. The molecule has 1 heterocycles. The molecule has 0 fully saturated rings. The van der Waals surface area contributed by atoms with Gasteiger partial charge < -0.3 is 0 Å². The SMILES string of the molecule is Fc1ccc2c(S)c(C(F)F)sc2c1. The van der Waals surface area contributed by atoms with Crippen molar-refractivity contribution in [3.63, 3.8) is 0 Å². The Morgan fingerprint density at radius 1 is 1.29 bits per heavy atom. The largest absolute Gasteiger partial charge is 0.273 e. The standard InChI is InChI=1S/C9H5F3S2/c10-4-1-2-5-6(3-4)14-8(7(5)13)9(11)12/h1-3,9,13H. The van der Waals surface area contributed by atoms with Gasteiger partial charge in [-0.1, -0.05) is 0 Å². The number of fused-ring (bicyclic) bond motifs is 1. The molecule has 0 radical (unpaired) electrons. The second-order valence-electron chi connectivity index (χ2n) is 2.76. The average Bonchev–Trinajstić information content (AvgIpc) is 2.43. The number of hydrogen-bond donors (Lipinski definition) is 1. The highest BCUT2D eigenvalue weighted by Crippen LogP contribution is 2.39. The highest BCUT2D eigenvalue weighted by Gasteiger charge is 2.17. The third-order valence-corrected chi connectivity index (χ3v) is 3.64. The third kappa shape index (κ3) is 1.50. The van der Waals surface area contributed by atoms with Crippen LogP contribution in [0.2, 0.25) is 0 Å².